The lowest BCUT2D eigenvalue weighted by molar-refractivity contribution is 0.0994. The first-order valence-electron chi connectivity index (χ1n) is 8.83. The molecule has 7 nitrogen and oxygen atoms in total. The summed E-state index contributed by atoms with van der Waals surface area (Å²) in [6, 6.07) is 3.17. The Balaban J connectivity index is 1.65. The number of anilines is 2. The van der Waals surface area contributed by atoms with Crippen LogP contribution in [0.2, 0.25) is 0 Å². The molecule has 4 N–H and O–H groups in total. The van der Waals surface area contributed by atoms with Crippen LogP contribution in [0.25, 0.3) is 11.1 Å². The third-order valence-electron chi connectivity index (χ3n) is 4.83. The van der Waals surface area contributed by atoms with E-state index in [2.05, 4.69) is 14.9 Å². The second-order valence-corrected chi connectivity index (χ2v) is 6.79. The molecule has 0 saturated carbocycles. The first-order chi connectivity index (χ1) is 13.0. The van der Waals surface area contributed by atoms with Crippen molar-refractivity contribution < 1.29 is 13.6 Å². The van der Waals surface area contributed by atoms with Crippen LogP contribution in [0.15, 0.2) is 35.1 Å². The Morgan fingerprint density at radius 1 is 1.41 bits per heavy atom. The number of nitrogens with two attached hydrogens (primary N) is 2. The number of Topliss-reactive ketones (excluding diaryl/α,β-unsaturated/α-hetero) is 1. The predicted molar refractivity (Wildman–Crippen MR) is 100 cm³/mol. The molecule has 1 fully saturated rings. The zero-order valence-electron chi connectivity index (χ0n) is 14.7. The molecule has 1 aliphatic rings. The van der Waals surface area contributed by atoms with Crippen LogP contribution in [0.3, 0.4) is 0 Å². The van der Waals surface area contributed by atoms with E-state index in [-0.39, 0.29) is 40.8 Å². The van der Waals surface area contributed by atoms with Gasteiger partial charge in [0.2, 0.25) is 5.88 Å². The topological polar surface area (TPSA) is 111 Å². The van der Waals surface area contributed by atoms with E-state index in [0.29, 0.717) is 0 Å². The van der Waals surface area contributed by atoms with Gasteiger partial charge in [0.05, 0.1) is 6.20 Å². The van der Waals surface area contributed by atoms with Crippen molar-refractivity contribution in [2.45, 2.75) is 25.3 Å². The molecule has 8 heteroatoms. The second kappa shape index (κ2) is 6.96. The molecule has 0 spiro atoms. The van der Waals surface area contributed by atoms with Crippen LogP contribution in [0.1, 0.15) is 28.8 Å². The fraction of sp³-hybridized carbons (Fsp3) is 0.316. The van der Waals surface area contributed by atoms with Crippen molar-refractivity contribution in [2.75, 3.05) is 23.7 Å². The third kappa shape index (κ3) is 3.35. The molecule has 0 radical (unpaired) electrons. The summed E-state index contributed by atoms with van der Waals surface area (Å²) in [5.41, 5.74) is 14.3. The molecule has 3 aromatic rings. The van der Waals surface area contributed by atoms with E-state index in [9.17, 15) is 9.18 Å². The summed E-state index contributed by atoms with van der Waals surface area (Å²) in [4.78, 5) is 23.3. The van der Waals surface area contributed by atoms with Gasteiger partial charge in [0, 0.05) is 55.3 Å². The van der Waals surface area contributed by atoms with E-state index in [0.717, 1.165) is 43.4 Å². The van der Waals surface area contributed by atoms with E-state index in [1.807, 2.05) is 6.07 Å². The maximum atomic E-state index is 13.3. The van der Waals surface area contributed by atoms with Crippen LogP contribution in [-0.2, 0) is 6.42 Å². The maximum absolute atomic E-state index is 13.3. The highest BCUT2D eigenvalue weighted by molar-refractivity contribution is 6.10. The van der Waals surface area contributed by atoms with Gasteiger partial charge in [0.15, 0.2) is 11.4 Å². The summed E-state index contributed by atoms with van der Waals surface area (Å²) in [5, 5.41) is 0. The van der Waals surface area contributed by atoms with E-state index in [4.69, 9.17) is 15.9 Å². The summed E-state index contributed by atoms with van der Waals surface area (Å²) in [6.07, 6.45) is 6.51. The highest BCUT2D eigenvalue weighted by atomic mass is 19.1. The van der Waals surface area contributed by atoms with Crippen LogP contribution in [0.4, 0.5) is 16.0 Å². The molecule has 0 aliphatic carbocycles. The molecule has 4 rings (SSSR count). The van der Waals surface area contributed by atoms with Crippen LogP contribution in [0.5, 0.6) is 0 Å². The van der Waals surface area contributed by atoms with Gasteiger partial charge < -0.3 is 20.8 Å². The molecule has 140 valence electrons. The monoisotopic (exact) mass is 369 g/mol. The van der Waals surface area contributed by atoms with Crippen molar-refractivity contribution in [3.05, 3.63) is 47.7 Å². The summed E-state index contributed by atoms with van der Waals surface area (Å²) in [6.45, 7) is 1.62. The zero-order valence-corrected chi connectivity index (χ0v) is 14.7. The molecule has 0 aromatic carbocycles. The summed E-state index contributed by atoms with van der Waals surface area (Å²) < 4.78 is 18.7. The van der Waals surface area contributed by atoms with Gasteiger partial charge in [-0.15, -0.1) is 0 Å². The number of aromatic nitrogens is 2. The fourth-order valence-electron chi connectivity index (χ4n) is 3.60. The summed E-state index contributed by atoms with van der Waals surface area (Å²) >= 11 is 0. The zero-order chi connectivity index (χ0) is 19.0. The highest BCUT2D eigenvalue weighted by Gasteiger charge is 2.24. The van der Waals surface area contributed by atoms with Crippen molar-refractivity contribution in [3.8, 4) is 0 Å². The summed E-state index contributed by atoms with van der Waals surface area (Å²) in [5.74, 6) is -0.856. The number of hydrogen-bond acceptors (Lipinski definition) is 7. The molecule has 1 aliphatic heterocycles. The van der Waals surface area contributed by atoms with Crippen molar-refractivity contribution in [2.24, 2.45) is 5.73 Å². The van der Waals surface area contributed by atoms with Gasteiger partial charge in [-0.1, -0.05) is 0 Å². The normalized spacial score (nSPS) is 17.4. The lowest BCUT2D eigenvalue weighted by Gasteiger charge is -2.33. The van der Waals surface area contributed by atoms with Crippen molar-refractivity contribution >= 4 is 28.5 Å². The van der Waals surface area contributed by atoms with Gasteiger partial charge in [-0.3, -0.25) is 9.78 Å². The van der Waals surface area contributed by atoms with Gasteiger partial charge in [-0.25, -0.2) is 9.37 Å². The average Bonchev–Trinajstić information content (AvgIpc) is 2.97. The average molecular weight is 369 g/mol. The third-order valence-corrected chi connectivity index (χ3v) is 4.83. The number of halogens is 1. The van der Waals surface area contributed by atoms with E-state index >= 15 is 0 Å². The van der Waals surface area contributed by atoms with Gasteiger partial charge >= 0.3 is 0 Å². The minimum absolute atomic E-state index is 0.0569. The Labute approximate surface area is 155 Å². The van der Waals surface area contributed by atoms with Gasteiger partial charge in [-0.2, -0.15) is 0 Å². The molecule has 0 unspecified atom stereocenters. The Bertz CT molecular complexity index is 1000. The molecule has 0 amide bonds. The molecule has 0 bridgehead atoms. The second-order valence-electron chi connectivity index (χ2n) is 6.79. The van der Waals surface area contributed by atoms with Gasteiger partial charge in [0.25, 0.3) is 0 Å². The van der Waals surface area contributed by atoms with E-state index < -0.39 is 5.82 Å². The lowest BCUT2D eigenvalue weighted by Crippen LogP contribution is -2.43. The molecular formula is C19H20FN5O2. The largest absolute Gasteiger partial charge is 0.438 e. The Morgan fingerprint density at radius 3 is 3.07 bits per heavy atom. The predicted octanol–water partition coefficient (Wildman–Crippen LogP) is 2.30. The number of nitrogen functional groups attached to an aromatic ring is 1. The van der Waals surface area contributed by atoms with Crippen molar-refractivity contribution in [3.63, 3.8) is 0 Å². The minimum Gasteiger partial charge on any atom is -0.438 e. The number of fused-ring (bicyclic) bond motifs is 1. The van der Waals surface area contributed by atoms with E-state index in [1.54, 1.807) is 12.4 Å². The fourth-order valence-corrected chi connectivity index (χ4v) is 3.60. The number of carbonyl (C=O) groups is 1. The molecule has 27 heavy (non-hydrogen) atoms. The lowest BCUT2D eigenvalue weighted by atomic mass is 10.0. The smallest absolute Gasteiger partial charge is 0.204 e. The number of carbonyl (C=O) groups excluding carboxylic acids is 1. The van der Waals surface area contributed by atoms with Gasteiger partial charge in [-0.05, 0) is 18.9 Å². The number of hydrogen-bond donors (Lipinski definition) is 2. The highest BCUT2D eigenvalue weighted by Crippen LogP contribution is 2.30. The maximum Gasteiger partial charge on any atom is 0.204 e. The minimum atomic E-state index is -0.550. The number of pyridine rings is 2. The SMILES string of the molecule is Nc1oc2cc(F)cnc2c1C(=O)Cc1cnccc1N1CCC[C@H](N)C1. The number of furan rings is 1. The first kappa shape index (κ1) is 17.4. The van der Waals surface area contributed by atoms with Crippen molar-refractivity contribution in [1.82, 2.24) is 9.97 Å². The number of nitrogens with zero attached hydrogens (tertiary/aromatic N) is 3. The Kier molecular flexibility index (Phi) is 4.49. The molecule has 1 atom stereocenters. The van der Waals surface area contributed by atoms with Crippen LogP contribution < -0.4 is 16.4 Å². The molecule has 1 saturated heterocycles. The Morgan fingerprint density at radius 2 is 2.26 bits per heavy atom. The number of rotatable bonds is 4. The van der Waals surface area contributed by atoms with Crippen LogP contribution in [0, 0.1) is 5.82 Å². The van der Waals surface area contributed by atoms with Crippen LogP contribution >= 0.6 is 0 Å². The molecular weight excluding hydrogens is 349 g/mol. The van der Waals surface area contributed by atoms with Crippen LogP contribution in [-0.4, -0.2) is 34.9 Å². The quantitative estimate of drug-likeness (QED) is 0.679. The summed E-state index contributed by atoms with van der Waals surface area (Å²) in [7, 11) is 0. The van der Waals surface area contributed by atoms with Crippen molar-refractivity contribution in [1.29, 1.82) is 0 Å². The first-order valence-corrected chi connectivity index (χ1v) is 8.83. The molecule has 4 heterocycles. The number of piperidine rings is 1. The van der Waals surface area contributed by atoms with Gasteiger partial charge in [0.1, 0.15) is 16.9 Å². The Hall–Kier alpha value is -3.00. The van der Waals surface area contributed by atoms with E-state index in [1.165, 1.54) is 6.07 Å². The molecule has 3 aromatic heterocycles. The standard InChI is InChI=1S/C19H20FN5O2/c20-12-7-16-18(24-9-12)17(19(22)27-16)15(26)6-11-8-23-4-3-14(11)25-5-1-2-13(21)10-25/h3-4,7-9,13H,1-2,5-6,10,21-22H2/t13-/m0/s1. The number of ketones is 1.